The molecule has 4 aromatic rings. The van der Waals surface area contributed by atoms with Crippen molar-refractivity contribution in [1.82, 2.24) is 4.98 Å². The van der Waals surface area contributed by atoms with E-state index in [1.54, 1.807) is 18.4 Å². The largest absolute Gasteiger partial charge is 0.497 e. The minimum atomic E-state index is -0.0503. The average Bonchev–Trinajstić information content (AvgIpc) is 3.31. The number of hydrogen-bond acceptors (Lipinski definition) is 5. The molecule has 0 aliphatic carbocycles. The number of carbonyl (C=O) groups is 1. The molecule has 2 aromatic carbocycles. The smallest absolute Gasteiger partial charge is 0.229 e. The van der Waals surface area contributed by atoms with Gasteiger partial charge in [-0.3, -0.25) is 4.79 Å². The minimum absolute atomic E-state index is 0.0503. The van der Waals surface area contributed by atoms with Crippen LogP contribution >= 0.6 is 11.3 Å². The topological polar surface area (TPSA) is 64.4 Å². The van der Waals surface area contributed by atoms with Crippen molar-refractivity contribution in [2.45, 2.75) is 6.42 Å². The van der Waals surface area contributed by atoms with Gasteiger partial charge in [0.25, 0.3) is 0 Å². The van der Waals surface area contributed by atoms with Crippen molar-refractivity contribution in [3.8, 4) is 17.2 Å². The molecule has 2 aromatic heterocycles. The normalized spacial score (nSPS) is 10.8. The molecule has 2 heterocycles. The van der Waals surface area contributed by atoms with Crippen molar-refractivity contribution < 1.29 is 13.9 Å². The van der Waals surface area contributed by atoms with Crippen molar-refractivity contribution in [1.29, 1.82) is 0 Å². The fraction of sp³-hybridized carbons (Fsp3) is 0.100. The van der Waals surface area contributed by atoms with Crippen LogP contribution in [0.25, 0.3) is 22.6 Å². The van der Waals surface area contributed by atoms with Gasteiger partial charge in [-0.15, -0.1) is 11.3 Å². The zero-order valence-electron chi connectivity index (χ0n) is 14.1. The highest BCUT2D eigenvalue weighted by molar-refractivity contribution is 7.10. The van der Waals surface area contributed by atoms with Gasteiger partial charge in [-0.25, -0.2) is 4.98 Å². The first-order valence-electron chi connectivity index (χ1n) is 8.08. The Hall–Kier alpha value is -3.12. The Morgan fingerprint density at radius 2 is 2.04 bits per heavy atom. The summed E-state index contributed by atoms with van der Waals surface area (Å²) in [6.45, 7) is 0. The number of nitrogens with one attached hydrogen (secondary N) is 1. The molecular weight excluding hydrogens is 348 g/mol. The van der Waals surface area contributed by atoms with Gasteiger partial charge in [0.2, 0.25) is 11.8 Å². The van der Waals surface area contributed by atoms with E-state index in [1.807, 2.05) is 60.0 Å². The van der Waals surface area contributed by atoms with Crippen LogP contribution in [0.5, 0.6) is 5.75 Å². The fourth-order valence-corrected chi connectivity index (χ4v) is 3.34. The Morgan fingerprint density at radius 1 is 1.19 bits per heavy atom. The molecule has 0 aliphatic rings. The van der Waals surface area contributed by atoms with Gasteiger partial charge in [-0.05, 0) is 53.9 Å². The molecule has 0 unspecified atom stereocenters. The van der Waals surface area contributed by atoms with E-state index < -0.39 is 0 Å². The number of anilines is 1. The van der Waals surface area contributed by atoms with Crippen LogP contribution < -0.4 is 10.1 Å². The van der Waals surface area contributed by atoms with Gasteiger partial charge in [-0.2, -0.15) is 0 Å². The Balaban J connectivity index is 1.54. The molecule has 0 fully saturated rings. The average molecular weight is 364 g/mol. The Bertz CT molecular complexity index is 1040. The van der Waals surface area contributed by atoms with Crippen molar-refractivity contribution in [2.24, 2.45) is 0 Å². The summed E-state index contributed by atoms with van der Waals surface area (Å²) >= 11 is 1.57. The second kappa shape index (κ2) is 7.01. The summed E-state index contributed by atoms with van der Waals surface area (Å²) in [5, 5.41) is 4.87. The molecule has 26 heavy (non-hydrogen) atoms. The summed E-state index contributed by atoms with van der Waals surface area (Å²) in [5.41, 5.74) is 2.94. The predicted molar refractivity (Wildman–Crippen MR) is 103 cm³/mol. The van der Waals surface area contributed by atoms with E-state index in [1.165, 1.54) is 0 Å². The minimum Gasteiger partial charge on any atom is -0.497 e. The lowest BCUT2D eigenvalue weighted by Gasteiger charge is -2.03. The Kier molecular flexibility index (Phi) is 4.41. The van der Waals surface area contributed by atoms with Crippen molar-refractivity contribution in [3.63, 3.8) is 0 Å². The van der Waals surface area contributed by atoms with E-state index in [4.69, 9.17) is 9.15 Å². The number of hydrogen-bond donors (Lipinski definition) is 1. The molecule has 1 amide bonds. The van der Waals surface area contributed by atoms with E-state index in [9.17, 15) is 4.79 Å². The highest BCUT2D eigenvalue weighted by Gasteiger charge is 2.11. The number of nitrogens with zero attached hydrogens (tertiary/aromatic N) is 1. The zero-order valence-corrected chi connectivity index (χ0v) is 14.9. The lowest BCUT2D eigenvalue weighted by molar-refractivity contribution is -0.115. The number of aromatic nitrogens is 1. The summed E-state index contributed by atoms with van der Waals surface area (Å²) in [4.78, 5) is 17.7. The van der Waals surface area contributed by atoms with Crippen molar-refractivity contribution in [3.05, 3.63) is 64.9 Å². The molecule has 6 heteroatoms. The number of rotatable bonds is 5. The van der Waals surface area contributed by atoms with Crippen LogP contribution in [-0.2, 0) is 11.2 Å². The molecule has 0 aliphatic heterocycles. The number of ether oxygens (including phenoxy) is 1. The lowest BCUT2D eigenvalue weighted by Crippen LogP contribution is -2.13. The van der Waals surface area contributed by atoms with E-state index in [0.29, 0.717) is 29.1 Å². The van der Waals surface area contributed by atoms with Crippen molar-refractivity contribution >= 4 is 34.0 Å². The second-order valence-corrected chi connectivity index (χ2v) is 6.77. The number of oxazole rings is 1. The van der Waals surface area contributed by atoms with Gasteiger partial charge in [-0.1, -0.05) is 6.07 Å². The van der Waals surface area contributed by atoms with Crippen molar-refractivity contribution in [2.75, 3.05) is 12.4 Å². The number of carbonyl (C=O) groups excluding carboxylic acids is 1. The van der Waals surface area contributed by atoms with Crippen LogP contribution in [0.3, 0.4) is 0 Å². The van der Waals surface area contributed by atoms with Gasteiger partial charge < -0.3 is 14.5 Å². The summed E-state index contributed by atoms with van der Waals surface area (Å²) in [6, 6.07) is 16.9. The third kappa shape index (κ3) is 3.45. The first-order valence-corrected chi connectivity index (χ1v) is 8.96. The molecule has 0 radical (unpaired) electrons. The first kappa shape index (κ1) is 16.4. The van der Waals surface area contributed by atoms with E-state index >= 15 is 0 Å². The molecule has 0 bridgehead atoms. The third-order valence-electron chi connectivity index (χ3n) is 3.92. The van der Waals surface area contributed by atoms with Crippen LogP contribution in [0.4, 0.5) is 5.69 Å². The summed E-state index contributed by atoms with van der Waals surface area (Å²) in [6.07, 6.45) is 0.367. The highest BCUT2D eigenvalue weighted by Crippen LogP contribution is 2.27. The molecule has 1 N–H and O–H groups in total. The molecule has 0 saturated heterocycles. The molecule has 0 atom stereocenters. The Morgan fingerprint density at radius 3 is 2.77 bits per heavy atom. The SMILES string of the molecule is COc1ccc(-c2nc3cc(NC(=O)Cc4cccs4)ccc3o2)cc1. The molecule has 0 saturated carbocycles. The van der Waals surface area contributed by atoms with Gasteiger partial charge in [0.15, 0.2) is 5.58 Å². The van der Waals surface area contributed by atoms with E-state index in [2.05, 4.69) is 10.3 Å². The molecule has 5 nitrogen and oxygen atoms in total. The zero-order chi connectivity index (χ0) is 17.9. The molecule has 4 rings (SSSR count). The number of benzene rings is 2. The van der Waals surface area contributed by atoms with Crippen LogP contribution in [0, 0.1) is 0 Å². The van der Waals surface area contributed by atoms with Crippen LogP contribution in [0.15, 0.2) is 64.4 Å². The lowest BCUT2D eigenvalue weighted by atomic mass is 10.2. The summed E-state index contributed by atoms with van der Waals surface area (Å²) in [5.74, 6) is 1.26. The highest BCUT2D eigenvalue weighted by atomic mass is 32.1. The van der Waals surface area contributed by atoms with Gasteiger partial charge in [0.1, 0.15) is 11.3 Å². The third-order valence-corrected chi connectivity index (χ3v) is 4.80. The van der Waals surface area contributed by atoms with Crippen LogP contribution in [0.1, 0.15) is 4.88 Å². The van der Waals surface area contributed by atoms with E-state index in [-0.39, 0.29) is 5.91 Å². The summed E-state index contributed by atoms with van der Waals surface area (Å²) in [7, 11) is 1.63. The fourth-order valence-electron chi connectivity index (χ4n) is 2.64. The van der Waals surface area contributed by atoms with Gasteiger partial charge in [0.05, 0.1) is 13.5 Å². The quantitative estimate of drug-likeness (QED) is 0.555. The Labute approximate surface area is 154 Å². The van der Waals surface area contributed by atoms with Crippen LogP contribution in [0.2, 0.25) is 0 Å². The maximum Gasteiger partial charge on any atom is 0.229 e. The number of amides is 1. The van der Waals surface area contributed by atoms with E-state index in [0.717, 1.165) is 16.2 Å². The number of fused-ring (bicyclic) bond motifs is 1. The maximum absolute atomic E-state index is 12.1. The van der Waals surface area contributed by atoms with Gasteiger partial charge >= 0.3 is 0 Å². The van der Waals surface area contributed by atoms with Crippen LogP contribution in [-0.4, -0.2) is 18.0 Å². The number of thiophene rings is 1. The predicted octanol–water partition coefficient (Wildman–Crippen LogP) is 4.75. The molecule has 130 valence electrons. The molecular formula is C20H16N2O3S. The standard InChI is InChI=1S/C20H16N2O3S/c1-24-15-7-4-13(5-8-15)20-22-17-11-14(6-9-18(17)25-20)21-19(23)12-16-3-2-10-26-16/h2-11H,12H2,1H3,(H,21,23). The number of methoxy groups -OCH3 is 1. The summed E-state index contributed by atoms with van der Waals surface area (Å²) < 4.78 is 11.0. The maximum atomic E-state index is 12.1. The second-order valence-electron chi connectivity index (χ2n) is 5.73. The first-order chi connectivity index (χ1) is 12.7. The van der Waals surface area contributed by atoms with Gasteiger partial charge in [0, 0.05) is 16.1 Å². The monoisotopic (exact) mass is 364 g/mol. The molecule has 0 spiro atoms.